The molecule has 0 amide bonds. The second-order valence-electron chi connectivity index (χ2n) is 4.31. The van der Waals surface area contributed by atoms with Gasteiger partial charge in [-0.15, -0.1) is 0 Å². The molecule has 2 N–H and O–H groups in total. The second kappa shape index (κ2) is 7.39. The van der Waals surface area contributed by atoms with E-state index in [-0.39, 0.29) is 6.61 Å². The molecule has 1 rings (SSSR count). The first kappa shape index (κ1) is 13.2. The minimum atomic E-state index is 0.120. The lowest BCUT2D eigenvalue weighted by atomic mass is 10.1. The first-order valence-corrected chi connectivity index (χ1v) is 5.76. The van der Waals surface area contributed by atoms with Crippen molar-refractivity contribution in [2.75, 3.05) is 27.2 Å². The summed E-state index contributed by atoms with van der Waals surface area (Å²) in [5.74, 6) is 0. The van der Waals surface area contributed by atoms with E-state index in [4.69, 9.17) is 5.11 Å². The maximum atomic E-state index is 9.01. The van der Waals surface area contributed by atoms with Gasteiger partial charge in [-0.3, -0.25) is 0 Å². The van der Waals surface area contributed by atoms with Crippen LogP contribution in [0, 0.1) is 0 Å². The topological polar surface area (TPSA) is 35.5 Å². The van der Waals surface area contributed by atoms with Gasteiger partial charge in [-0.25, -0.2) is 0 Å². The highest BCUT2D eigenvalue weighted by Gasteiger charge is 1.95. The Bertz CT molecular complexity index is 300. The van der Waals surface area contributed by atoms with E-state index < -0.39 is 0 Å². The molecular weight excluding hydrogens is 200 g/mol. The van der Waals surface area contributed by atoms with Crippen molar-refractivity contribution in [3.8, 4) is 0 Å². The van der Waals surface area contributed by atoms with Gasteiger partial charge in [0.25, 0.3) is 0 Å². The van der Waals surface area contributed by atoms with E-state index >= 15 is 0 Å². The van der Waals surface area contributed by atoms with Gasteiger partial charge in [-0.2, -0.15) is 0 Å². The summed E-state index contributed by atoms with van der Waals surface area (Å²) in [5.41, 5.74) is 2.21. The molecule has 0 bridgehead atoms. The van der Waals surface area contributed by atoms with Crippen molar-refractivity contribution in [1.82, 2.24) is 10.2 Å². The average Bonchev–Trinajstić information content (AvgIpc) is 2.28. The van der Waals surface area contributed by atoms with Crippen molar-refractivity contribution < 1.29 is 5.11 Å². The summed E-state index contributed by atoms with van der Waals surface area (Å²) in [6.07, 6.45) is 1.16. The van der Waals surface area contributed by atoms with E-state index in [9.17, 15) is 0 Å². The van der Waals surface area contributed by atoms with E-state index in [1.807, 2.05) is 18.2 Å². The maximum absolute atomic E-state index is 9.01. The summed E-state index contributed by atoms with van der Waals surface area (Å²) >= 11 is 0. The number of aliphatic hydroxyl groups is 1. The van der Waals surface area contributed by atoms with Crippen LogP contribution in [-0.2, 0) is 13.2 Å². The van der Waals surface area contributed by atoms with Gasteiger partial charge in [-0.05, 0) is 44.7 Å². The number of nitrogens with zero attached hydrogens (tertiary/aromatic N) is 1. The Morgan fingerprint density at radius 1 is 1.25 bits per heavy atom. The Kier molecular flexibility index (Phi) is 6.08. The van der Waals surface area contributed by atoms with Crippen LogP contribution in [0.4, 0.5) is 0 Å². The van der Waals surface area contributed by atoms with Crippen molar-refractivity contribution in [3.63, 3.8) is 0 Å². The molecule has 90 valence electrons. The smallest absolute Gasteiger partial charge is 0.0681 e. The third kappa shape index (κ3) is 5.26. The zero-order valence-corrected chi connectivity index (χ0v) is 10.2. The van der Waals surface area contributed by atoms with Crippen molar-refractivity contribution in [2.24, 2.45) is 0 Å². The maximum Gasteiger partial charge on any atom is 0.0681 e. The van der Waals surface area contributed by atoms with Gasteiger partial charge >= 0.3 is 0 Å². The summed E-state index contributed by atoms with van der Waals surface area (Å²) in [6, 6.07) is 8.05. The number of rotatable bonds is 7. The van der Waals surface area contributed by atoms with Crippen LogP contribution in [0.2, 0.25) is 0 Å². The molecule has 0 aliphatic rings. The molecule has 0 radical (unpaired) electrons. The largest absolute Gasteiger partial charge is 0.392 e. The Balaban J connectivity index is 2.21. The van der Waals surface area contributed by atoms with Gasteiger partial charge in [0, 0.05) is 6.54 Å². The molecule has 0 spiro atoms. The predicted molar refractivity (Wildman–Crippen MR) is 67.2 cm³/mol. The molecule has 3 heteroatoms. The number of hydrogen-bond acceptors (Lipinski definition) is 3. The quantitative estimate of drug-likeness (QED) is 0.681. The van der Waals surface area contributed by atoms with Crippen molar-refractivity contribution >= 4 is 0 Å². The van der Waals surface area contributed by atoms with Gasteiger partial charge in [0.2, 0.25) is 0 Å². The fourth-order valence-corrected chi connectivity index (χ4v) is 1.59. The standard InChI is InChI=1S/C13H22N2O/c1-15(2)8-4-7-14-10-12-5-3-6-13(9-12)11-16/h3,5-6,9,14,16H,4,7-8,10-11H2,1-2H3. The summed E-state index contributed by atoms with van der Waals surface area (Å²) < 4.78 is 0. The summed E-state index contributed by atoms with van der Waals surface area (Å²) in [5, 5.41) is 12.4. The highest BCUT2D eigenvalue weighted by atomic mass is 16.3. The zero-order valence-electron chi connectivity index (χ0n) is 10.2. The molecule has 0 atom stereocenters. The molecule has 0 heterocycles. The van der Waals surface area contributed by atoms with Crippen molar-refractivity contribution in [2.45, 2.75) is 19.6 Å². The normalized spacial score (nSPS) is 11.0. The molecule has 0 unspecified atom stereocenters. The van der Waals surface area contributed by atoms with Crippen molar-refractivity contribution in [3.05, 3.63) is 35.4 Å². The SMILES string of the molecule is CN(C)CCCNCc1cccc(CO)c1. The van der Waals surface area contributed by atoms with Crippen LogP contribution >= 0.6 is 0 Å². The van der Waals surface area contributed by atoms with Gasteiger partial charge in [0.15, 0.2) is 0 Å². The Morgan fingerprint density at radius 2 is 2.00 bits per heavy atom. The summed E-state index contributed by atoms with van der Waals surface area (Å²) in [6.45, 7) is 3.14. The van der Waals surface area contributed by atoms with E-state index in [1.165, 1.54) is 5.56 Å². The summed E-state index contributed by atoms with van der Waals surface area (Å²) in [7, 11) is 4.18. The van der Waals surface area contributed by atoms with Crippen LogP contribution in [0.1, 0.15) is 17.5 Å². The second-order valence-corrected chi connectivity index (χ2v) is 4.31. The molecule has 0 aromatic heterocycles. The average molecular weight is 222 g/mol. The number of benzene rings is 1. The highest BCUT2D eigenvalue weighted by molar-refractivity contribution is 5.22. The molecular formula is C13H22N2O. The zero-order chi connectivity index (χ0) is 11.8. The van der Waals surface area contributed by atoms with E-state index in [1.54, 1.807) is 0 Å². The third-order valence-corrected chi connectivity index (χ3v) is 2.46. The first-order chi connectivity index (χ1) is 7.72. The van der Waals surface area contributed by atoms with E-state index in [2.05, 4.69) is 30.4 Å². The van der Waals surface area contributed by atoms with Gasteiger partial charge in [0.05, 0.1) is 6.61 Å². The minimum Gasteiger partial charge on any atom is -0.392 e. The van der Waals surface area contributed by atoms with Gasteiger partial charge in [0.1, 0.15) is 0 Å². The molecule has 0 saturated heterocycles. The van der Waals surface area contributed by atoms with Gasteiger partial charge < -0.3 is 15.3 Å². The molecule has 0 aliphatic carbocycles. The Hall–Kier alpha value is -0.900. The lowest BCUT2D eigenvalue weighted by molar-refractivity contribution is 0.281. The lowest BCUT2D eigenvalue weighted by Crippen LogP contribution is -2.21. The minimum absolute atomic E-state index is 0.120. The molecule has 3 nitrogen and oxygen atoms in total. The monoisotopic (exact) mass is 222 g/mol. The Labute approximate surface area is 98.1 Å². The first-order valence-electron chi connectivity index (χ1n) is 5.76. The van der Waals surface area contributed by atoms with Crippen LogP contribution in [0.15, 0.2) is 24.3 Å². The molecule has 16 heavy (non-hydrogen) atoms. The molecule has 1 aromatic rings. The van der Waals surface area contributed by atoms with E-state index in [0.717, 1.165) is 31.6 Å². The fraction of sp³-hybridized carbons (Fsp3) is 0.538. The predicted octanol–water partition coefficient (Wildman–Crippen LogP) is 1.22. The fourth-order valence-electron chi connectivity index (χ4n) is 1.59. The lowest BCUT2D eigenvalue weighted by Gasteiger charge is -2.10. The Morgan fingerprint density at radius 3 is 2.69 bits per heavy atom. The molecule has 0 aliphatic heterocycles. The highest BCUT2D eigenvalue weighted by Crippen LogP contribution is 2.04. The van der Waals surface area contributed by atoms with Crippen LogP contribution in [-0.4, -0.2) is 37.2 Å². The van der Waals surface area contributed by atoms with Crippen LogP contribution in [0.25, 0.3) is 0 Å². The van der Waals surface area contributed by atoms with E-state index in [0.29, 0.717) is 0 Å². The number of nitrogens with one attached hydrogen (secondary N) is 1. The third-order valence-electron chi connectivity index (χ3n) is 2.46. The summed E-state index contributed by atoms with van der Waals surface area (Å²) in [4.78, 5) is 2.19. The molecule has 0 fully saturated rings. The van der Waals surface area contributed by atoms with Crippen LogP contribution < -0.4 is 5.32 Å². The number of hydrogen-bond donors (Lipinski definition) is 2. The molecule has 0 saturated carbocycles. The van der Waals surface area contributed by atoms with Crippen molar-refractivity contribution in [1.29, 1.82) is 0 Å². The van der Waals surface area contributed by atoms with Crippen LogP contribution in [0.5, 0.6) is 0 Å². The van der Waals surface area contributed by atoms with Gasteiger partial charge in [-0.1, -0.05) is 24.3 Å². The van der Waals surface area contributed by atoms with Crippen LogP contribution in [0.3, 0.4) is 0 Å². The molecule has 1 aromatic carbocycles. The number of aliphatic hydroxyl groups excluding tert-OH is 1.